The lowest BCUT2D eigenvalue weighted by Gasteiger charge is -2.14. The molecule has 0 aliphatic carbocycles. The lowest BCUT2D eigenvalue weighted by atomic mass is 10.1. The predicted octanol–water partition coefficient (Wildman–Crippen LogP) is 2.50. The van der Waals surface area contributed by atoms with Crippen LogP contribution < -0.4 is 5.32 Å². The fraction of sp³-hybridized carbons (Fsp3) is 0.214. The smallest absolute Gasteiger partial charge is 0.325 e. The number of rotatable bonds is 5. The van der Waals surface area contributed by atoms with E-state index in [1.807, 2.05) is 31.2 Å². The summed E-state index contributed by atoms with van der Waals surface area (Å²) in [5.74, 6) is -0.182. The van der Waals surface area contributed by atoms with Gasteiger partial charge < -0.3 is 9.52 Å². The van der Waals surface area contributed by atoms with E-state index in [0.29, 0.717) is 12.3 Å². The van der Waals surface area contributed by atoms with Gasteiger partial charge in [-0.15, -0.1) is 0 Å². The normalized spacial score (nSPS) is 12.3. The van der Waals surface area contributed by atoms with E-state index in [-0.39, 0.29) is 0 Å². The molecule has 0 aliphatic heterocycles. The van der Waals surface area contributed by atoms with Crippen LogP contribution in [0.25, 0.3) is 0 Å². The molecule has 1 aromatic heterocycles. The molecule has 4 nitrogen and oxygen atoms in total. The second-order valence-corrected chi connectivity index (χ2v) is 4.14. The summed E-state index contributed by atoms with van der Waals surface area (Å²) in [6.07, 6.45) is 1.57. The van der Waals surface area contributed by atoms with Crippen molar-refractivity contribution in [3.05, 3.63) is 59.5 Å². The molecule has 0 saturated heterocycles. The first-order valence-corrected chi connectivity index (χ1v) is 5.72. The van der Waals surface area contributed by atoms with Crippen LogP contribution in [0.3, 0.4) is 0 Å². The number of nitrogens with one attached hydrogen (secondary N) is 1. The van der Waals surface area contributed by atoms with Crippen LogP contribution in [0.2, 0.25) is 0 Å². The Balaban J connectivity index is 2.08. The van der Waals surface area contributed by atoms with Crippen LogP contribution in [0.15, 0.2) is 47.1 Å². The fourth-order valence-corrected chi connectivity index (χ4v) is 1.72. The second-order valence-electron chi connectivity index (χ2n) is 4.14. The summed E-state index contributed by atoms with van der Waals surface area (Å²) in [6, 6.07) is 10.3. The zero-order valence-electron chi connectivity index (χ0n) is 10.1. The molecule has 0 saturated carbocycles. The molecule has 0 amide bonds. The summed E-state index contributed by atoms with van der Waals surface area (Å²) in [4.78, 5) is 11.3. The Morgan fingerprint density at radius 3 is 2.61 bits per heavy atom. The largest absolute Gasteiger partial charge is 0.480 e. The Hall–Kier alpha value is -2.07. The Labute approximate surface area is 105 Å². The molecule has 1 heterocycles. The van der Waals surface area contributed by atoms with Gasteiger partial charge in [-0.1, -0.05) is 29.8 Å². The minimum atomic E-state index is -0.898. The summed E-state index contributed by atoms with van der Waals surface area (Å²) >= 11 is 0. The van der Waals surface area contributed by atoms with Crippen LogP contribution in [-0.4, -0.2) is 11.1 Å². The maximum absolute atomic E-state index is 11.3. The number of furan rings is 1. The van der Waals surface area contributed by atoms with Gasteiger partial charge in [-0.25, -0.2) is 0 Å². The van der Waals surface area contributed by atoms with E-state index in [2.05, 4.69) is 5.32 Å². The van der Waals surface area contributed by atoms with Crippen molar-refractivity contribution in [1.29, 1.82) is 0 Å². The van der Waals surface area contributed by atoms with Crippen LogP contribution >= 0.6 is 0 Å². The van der Waals surface area contributed by atoms with Gasteiger partial charge in [0.15, 0.2) is 0 Å². The van der Waals surface area contributed by atoms with E-state index in [9.17, 15) is 9.90 Å². The number of benzene rings is 1. The van der Waals surface area contributed by atoms with E-state index in [1.165, 1.54) is 0 Å². The van der Waals surface area contributed by atoms with E-state index in [1.54, 1.807) is 18.4 Å². The van der Waals surface area contributed by atoms with Crippen molar-refractivity contribution < 1.29 is 14.3 Å². The van der Waals surface area contributed by atoms with Crippen LogP contribution in [0.4, 0.5) is 0 Å². The van der Waals surface area contributed by atoms with Crippen molar-refractivity contribution in [2.75, 3.05) is 0 Å². The number of aliphatic carboxylic acids is 1. The quantitative estimate of drug-likeness (QED) is 0.849. The molecule has 1 unspecified atom stereocenters. The molecule has 0 spiro atoms. The molecule has 2 N–H and O–H groups in total. The Kier molecular flexibility index (Phi) is 3.79. The van der Waals surface area contributed by atoms with Gasteiger partial charge in [-0.3, -0.25) is 10.1 Å². The highest BCUT2D eigenvalue weighted by atomic mass is 16.4. The summed E-state index contributed by atoms with van der Waals surface area (Å²) < 4.78 is 5.16. The van der Waals surface area contributed by atoms with Crippen molar-refractivity contribution in [1.82, 2.24) is 5.32 Å². The Morgan fingerprint density at radius 2 is 2.06 bits per heavy atom. The average molecular weight is 245 g/mol. The predicted molar refractivity (Wildman–Crippen MR) is 67.1 cm³/mol. The highest BCUT2D eigenvalue weighted by Crippen LogP contribution is 2.15. The molecule has 94 valence electrons. The Bertz CT molecular complexity index is 502. The summed E-state index contributed by atoms with van der Waals surface area (Å²) in [7, 11) is 0. The van der Waals surface area contributed by atoms with Crippen LogP contribution in [0, 0.1) is 6.92 Å². The van der Waals surface area contributed by atoms with Gasteiger partial charge in [0.1, 0.15) is 11.8 Å². The highest BCUT2D eigenvalue weighted by Gasteiger charge is 2.19. The molecule has 2 rings (SSSR count). The van der Waals surface area contributed by atoms with Gasteiger partial charge >= 0.3 is 5.97 Å². The van der Waals surface area contributed by atoms with Gasteiger partial charge in [0.25, 0.3) is 0 Å². The fourth-order valence-electron chi connectivity index (χ4n) is 1.72. The Morgan fingerprint density at radius 1 is 1.33 bits per heavy atom. The number of aryl methyl sites for hydroxylation is 1. The number of hydrogen-bond acceptors (Lipinski definition) is 3. The molecule has 0 radical (unpaired) electrons. The maximum atomic E-state index is 11.3. The van der Waals surface area contributed by atoms with Gasteiger partial charge in [-0.2, -0.15) is 0 Å². The standard InChI is InChI=1S/C14H15NO3/c1-10-4-6-11(7-5-10)13(14(16)17)15-9-12-3-2-8-18-12/h2-8,13,15H,9H2,1H3,(H,16,17). The summed E-state index contributed by atoms with van der Waals surface area (Å²) in [5, 5.41) is 12.2. The summed E-state index contributed by atoms with van der Waals surface area (Å²) in [6.45, 7) is 2.35. The zero-order valence-corrected chi connectivity index (χ0v) is 10.1. The zero-order chi connectivity index (χ0) is 13.0. The van der Waals surface area contributed by atoms with Gasteiger partial charge in [-0.05, 0) is 24.6 Å². The van der Waals surface area contributed by atoms with Crippen molar-refractivity contribution in [2.45, 2.75) is 19.5 Å². The number of carboxylic acids is 1. The minimum Gasteiger partial charge on any atom is -0.480 e. The van der Waals surface area contributed by atoms with E-state index < -0.39 is 12.0 Å². The first kappa shape index (κ1) is 12.4. The summed E-state index contributed by atoms with van der Waals surface area (Å²) in [5.41, 5.74) is 1.84. The first-order chi connectivity index (χ1) is 8.66. The van der Waals surface area contributed by atoms with E-state index >= 15 is 0 Å². The van der Waals surface area contributed by atoms with Crippen LogP contribution in [-0.2, 0) is 11.3 Å². The molecule has 0 fully saturated rings. The third kappa shape index (κ3) is 2.99. The van der Waals surface area contributed by atoms with Gasteiger partial charge in [0.05, 0.1) is 12.8 Å². The topological polar surface area (TPSA) is 62.5 Å². The van der Waals surface area contributed by atoms with Gasteiger partial charge in [0, 0.05) is 0 Å². The minimum absolute atomic E-state index is 0.387. The lowest BCUT2D eigenvalue weighted by molar-refractivity contribution is -0.139. The number of hydrogen-bond donors (Lipinski definition) is 2. The van der Waals surface area contributed by atoms with Crippen molar-refractivity contribution in [2.24, 2.45) is 0 Å². The van der Waals surface area contributed by atoms with Crippen LogP contribution in [0.5, 0.6) is 0 Å². The second kappa shape index (κ2) is 5.51. The van der Waals surface area contributed by atoms with Crippen molar-refractivity contribution in [3.8, 4) is 0 Å². The molecule has 18 heavy (non-hydrogen) atoms. The van der Waals surface area contributed by atoms with E-state index in [0.717, 1.165) is 11.1 Å². The monoisotopic (exact) mass is 245 g/mol. The number of carbonyl (C=O) groups is 1. The third-order valence-electron chi connectivity index (χ3n) is 2.72. The van der Waals surface area contributed by atoms with Crippen molar-refractivity contribution >= 4 is 5.97 Å². The molecular formula is C14H15NO3. The average Bonchev–Trinajstić information content (AvgIpc) is 2.84. The van der Waals surface area contributed by atoms with Crippen LogP contribution in [0.1, 0.15) is 22.9 Å². The van der Waals surface area contributed by atoms with E-state index in [4.69, 9.17) is 4.42 Å². The molecule has 0 bridgehead atoms. The molecule has 2 aromatic rings. The molecular weight excluding hydrogens is 230 g/mol. The van der Waals surface area contributed by atoms with Crippen molar-refractivity contribution in [3.63, 3.8) is 0 Å². The first-order valence-electron chi connectivity index (χ1n) is 5.72. The molecule has 0 aliphatic rings. The molecule has 1 atom stereocenters. The number of carboxylic acid groups (broad SMARTS) is 1. The lowest BCUT2D eigenvalue weighted by Crippen LogP contribution is -2.27. The highest BCUT2D eigenvalue weighted by molar-refractivity contribution is 5.75. The maximum Gasteiger partial charge on any atom is 0.325 e. The SMILES string of the molecule is Cc1ccc(C(NCc2ccco2)C(=O)O)cc1. The molecule has 4 heteroatoms. The molecule has 1 aromatic carbocycles. The van der Waals surface area contributed by atoms with Gasteiger partial charge in [0.2, 0.25) is 0 Å². The third-order valence-corrected chi connectivity index (χ3v) is 2.72.